The summed E-state index contributed by atoms with van der Waals surface area (Å²) in [5.74, 6) is -0.221. The van der Waals surface area contributed by atoms with E-state index in [1.54, 1.807) is 17.0 Å². The van der Waals surface area contributed by atoms with Crippen molar-refractivity contribution in [1.82, 2.24) is 9.55 Å². The van der Waals surface area contributed by atoms with E-state index in [0.29, 0.717) is 0 Å². The fraction of sp³-hybridized carbons (Fsp3) is 0.125. The molecule has 0 fully saturated rings. The molecule has 0 spiro atoms. The molecule has 0 aliphatic heterocycles. The number of nitrogens with zero attached hydrogens (tertiary/aromatic N) is 2. The van der Waals surface area contributed by atoms with Gasteiger partial charge in [0.05, 0.1) is 17.4 Å². The Balaban J connectivity index is 2.87. The Morgan fingerprint density at radius 2 is 2.27 bits per heavy atom. The SMILES string of the molecule is Cn1cnc2ccc(F)cc21. The second kappa shape index (κ2) is 2.05. The van der Waals surface area contributed by atoms with Crippen molar-refractivity contribution in [3.8, 4) is 0 Å². The zero-order valence-corrected chi connectivity index (χ0v) is 6.08. The van der Waals surface area contributed by atoms with Crippen LogP contribution in [0.2, 0.25) is 0 Å². The number of halogens is 1. The zero-order chi connectivity index (χ0) is 7.84. The lowest BCUT2D eigenvalue weighted by Gasteiger charge is -1.92. The molecule has 0 amide bonds. The molecule has 1 heterocycles. The highest BCUT2D eigenvalue weighted by atomic mass is 19.1. The van der Waals surface area contributed by atoms with Crippen LogP contribution in [0.15, 0.2) is 24.5 Å². The van der Waals surface area contributed by atoms with Gasteiger partial charge in [-0.15, -0.1) is 0 Å². The van der Waals surface area contributed by atoms with Crippen molar-refractivity contribution in [2.75, 3.05) is 0 Å². The summed E-state index contributed by atoms with van der Waals surface area (Å²) in [5.41, 5.74) is 1.65. The molecule has 0 unspecified atom stereocenters. The molecule has 2 rings (SSSR count). The Kier molecular flexibility index (Phi) is 1.18. The normalized spacial score (nSPS) is 10.7. The summed E-state index contributed by atoms with van der Waals surface area (Å²) in [6.07, 6.45) is 1.67. The largest absolute Gasteiger partial charge is 0.334 e. The number of hydrogen-bond donors (Lipinski definition) is 0. The fourth-order valence-corrected chi connectivity index (χ4v) is 1.10. The number of benzene rings is 1. The van der Waals surface area contributed by atoms with E-state index in [4.69, 9.17) is 0 Å². The molecule has 0 bridgehead atoms. The second-order valence-corrected chi connectivity index (χ2v) is 2.49. The zero-order valence-electron chi connectivity index (χ0n) is 6.08. The lowest BCUT2D eigenvalue weighted by Crippen LogP contribution is -1.83. The minimum Gasteiger partial charge on any atom is -0.334 e. The van der Waals surface area contributed by atoms with Gasteiger partial charge >= 0.3 is 0 Å². The summed E-state index contributed by atoms with van der Waals surface area (Å²) in [5, 5.41) is 0. The number of fused-ring (bicyclic) bond motifs is 1. The van der Waals surface area contributed by atoms with Crippen LogP contribution in [-0.2, 0) is 7.05 Å². The summed E-state index contributed by atoms with van der Waals surface area (Å²) in [4.78, 5) is 4.06. The number of aryl methyl sites for hydroxylation is 1. The number of hydrogen-bond acceptors (Lipinski definition) is 1. The Bertz CT molecular complexity index is 392. The van der Waals surface area contributed by atoms with Crippen molar-refractivity contribution < 1.29 is 4.39 Å². The van der Waals surface area contributed by atoms with Crippen LogP contribution in [-0.4, -0.2) is 9.55 Å². The second-order valence-electron chi connectivity index (χ2n) is 2.49. The molecule has 0 saturated carbocycles. The highest BCUT2D eigenvalue weighted by Crippen LogP contribution is 2.12. The molecule has 0 aliphatic rings. The smallest absolute Gasteiger partial charge is 0.125 e. The van der Waals surface area contributed by atoms with Crippen molar-refractivity contribution in [2.45, 2.75) is 0 Å². The maximum atomic E-state index is 12.7. The van der Waals surface area contributed by atoms with Crippen LogP contribution >= 0.6 is 0 Å². The molecular formula is C8H7FN2. The highest BCUT2D eigenvalue weighted by Gasteiger charge is 1.98. The Labute approximate surface area is 63.3 Å². The lowest BCUT2D eigenvalue weighted by molar-refractivity contribution is 0.629. The first-order chi connectivity index (χ1) is 5.27. The molecule has 0 radical (unpaired) electrons. The maximum absolute atomic E-state index is 12.7. The number of aromatic nitrogens is 2. The van der Waals surface area contributed by atoms with Gasteiger partial charge in [0.1, 0.15) is 5.82 Å². The van der Waals surface area contributed by atoms with Gasteiger partial charge in [0, 0.05) is 7.05 Å². The molecule has 0 atom stereocenters. The van der Waals surface area contributed by atoms with Crippen LogP contribution in [0.5, 0.6) is 0 Å². The van der Waals surface area contributed by atoms with Gasteiger partial charge < -0.3 is 4.57 Å². The first-order valence-electron chi connectivity index (χ1n) is 3.34. The van der Waals surface area contributed by atoms with E-state index in [0.717, 1.165) is 11.0 Å². The van der Waals surface area contributed by atoms with Gasteiger partial charge in [-0.3, -0.25) is 0 Å². The van der Waals surface area contributed by atoms with Crippen LogP contribution in [0, 0.1) is 5.82 Å². The van der Waals surface area contributed by atoms with E-state index in [-0.39, 0.29) is 5.82 Å². The molecule has 0 saturated heterocycles. The quantitative estimate of drug-likeness (QED) is 0.559. The molecule has 2 aromatic rings. The van der Waals surface area contributed by atoms with Gasteiger partial charge in [0.25, 0.3) is 0 Å². The number of imidazole rings is 1. The topological polar surface area (TPSA) is 17.8 Å². The predicted molar refractivity (Wildman–Crippen MR) is 40.7 cm³/mol. The summed E-state index contributed by atoms with van der Waals surface area (Å²) in [6.45, 7) is 0. The standard InChI is InChI=1S/C8H7FN2/c1-11-5-10-7-3-2-6(9)4-8(7)11/h2-5H,1H3. The Morgan fingerprint density at radius 1 is 1.45 bits per heavy atom. The molecule has 2 nitrogen and oxygen atoms in total. The third-order valence-corrected chi connectivity index (χ3v) is 1.69. The molecule has 1 aromatic carbocycles. The number of rotatable bonds is 0. The highest BCUT2D eigenvalue weighted by molar-refractivity contribution is 5.74. The summed E-state index contributed by atoms with van der Waals surface area (Å²) < 4.78 is 14.4. The summed E-state index contributed by atoms with van der Waals surface area (Å²) in [7, 11) is 1.84. The minimum absolute atomic E-state index is 0.221. The summed E-state index contributed by atoms with van der Waals surface area (Å²) in [6, 6.07) is 4.56. The third kappa shape index (κ3) is 0.888. The van der Waals surface area contributed by atoms with Gasteiger partial charge in [-0.2, -0.15) is 0 Å². The van der Waals surface area contributed by atoms with E-state index >= 15 is 0 Å². The maximum Gasteiger partial charge on any atom is 0.125 e. The fourth-order valence-electron chi connectivity index (χ4n) is 1.10. The average molecular weight is 150 g/mol. The van der Waals surface area contributed by atoms with Gasteiger partial charge in [-0.25, -0.2) is 9.37 Å². The lowest BCUT2D eigenvalue weighted by atomic mass is 10.3. The van der Waals surface area contributed by atoms with E-state index < -0.39 is 0 Å². The van der Waals surface area contributed by atoms with Crippen LogP contribution in [0.4, 0.5) is 4.39 Å². The van der Waals surface area contributed by atoms with Gasteiger partial charge in [0.2, 0.25) is 0 Å². The predicted octanol–water partition coefficient (Wildman–Crippen LogP) is 1.71. The Morgan fingerprint density at radius 3 is 3.09 bits per heavy atom. The van der Waals surface area contributed by atoms with Crippen molar-refractivity contribution in [3.05, 3.63) is 30.3 Å². The average Bonchev–Trinajstić information content (AvgIpc) is 2.33. The summed E-state index contributed by atoms with van der Waals surface area (Å²) >= 11 is 0. The van der Waals surface area contributed by atoms with E-state index in [1.165, 1.54) is 12.1 Å². The first kappa shape index (κ1) is 6.34. The molecular weight excluding hydrogens is 143 g/mol. The first-order valence-corrected chi connectivity index (χ1v) is 3.34. The van der Waals surface area contributed by atoms with E-state index in [9.17, 15) is 4.39 Å². The van der Waals surface area contributed by atoms with Crippen LogP contribution in [0.25, 0.3) is 11.0 Å². The molecule has 3 heteroatoms. The minimum atomic E-state index is -0.221. The Hall–Kier alpha value is -1.38. The molecule has 1 aromatic heterocycles. The van der Waals surface area contributed by atoms with Crippen molar-refractivity contribution in [3.63, 3.8) is 0 Å². The van der Waals surface area contributed by atoms with Crippen molar-refractivity contribution in [1.29, 1.82) is 0 Å². The van der Waals surface area contributed by atoms with Crippen LogP contribution in [0.3, 0.4) is 0 Å². The van der Waals surface area contributed by atoms with Crippen molar-refractivity contribution in [2.24, 2.45) is 7.05 Å². The third-order valence-electron chi connectivity index (χ3n) is 1.69. The molecule has 0 N–H and O–H groups in total. The molecule has 56 valence electrons. The van der Waals surface area contributed by atoms with Crippen LogP contribution < -0.4 is 0 Å². The van der Waals surface area contributed by atoms with Gasteiger partial charge in [-0.05, 0) is 18.2 Å². The monoisotopic (exact) mass is 150 g/mol. The van der Waals surface area contributed by atoms with Gasteiger partial charge in [-0.1, -0.05) is 0 Å². The molecule has 11 heavy (non-hydrogen) atoms. The molecule has 0 aliphatic carbocycles. The van der Waals surface area contributed by atoms with Crippen LogP contribution in [0.1, 0.15) is 0 Å². The van der Waals surface area contributed by atoms with Crippen molar-refractivity contribution >= 4 is 11.0 Å². The van der Waals surface area contributed by atoms with E-state index in [1.807, 2.05) is 7.05 Å². The van der Waals surface area contributed by atoms with Gasteiger partial charge in [0.15, 0.2) is 0 Å². The van der Waals surface area contributed by atoms with E-state index in [2.05, 4.69) is 4.98 Å².